The Balaban J connectivity index is 1.59. The molecule has 1 aromatic rings. The zero-order valence-electron chi connectivity index (χ0n) is 15.9. The molecule has 1 saturated carbocycles. The Labute approximate surface area is 165 Å². The molecule has 1 aliphatic carbocycles. The van der Waals surface area contributed by atoms with Crippen molar-refractivity contribution < 1.29 is 13.9 Å². The highest BCUT2D eigenvalue weighted by atomic mass is 35.5. The summed E-state index contributed by atoms with van der Waals surface area (Å²) in [5, 5.41) is 6.35. The van der Waals surface area contributed by atoms with Crippen molar-refractivity contribution in [2.75, 3.05) is 38.2 Å². The van der Waals surface area contributed by atoms with E-state index in [1.54, 1.807) is 6.07 Å². The van der Waals surface area contributed by atoms with Crippen LogP contribution < -0.4 is 10.6 Å². The molecule has 2 fully saturated rings. The van der Waals surface area contributed by atoms with Crippen LogP contribution in [0.5, 0.6) is 0 Å². The molecule has 0 bridgehead atoms. The Morgan fingerprint density at radius 2 is 2.00 bits per heavy atom. The van der Waals surface area contributed by atoms with Crippen LogP contribution in [0.2, 0.25) is 5.02 Å². The quantitative estimate of drug-likeness (QED) is 0.772. The molecule has 27 heavy (non-hydrogen) atoms. The van der Waals surface area contributed by atoms with Gasteiger partial charge in [0.15, 0.2) is 0 Å². The number of carbonyl (C=O) groups excluding carboxylic acids is 1. The minimum absolute atomic E-state index is 0.0854. The predicted octanol–water partition coefficient (Wildman–Crippen LogP) is 3.43. The van der Waals surface area contributed by atoms with Crippen LogP contribution >= 0.6 is 11.6 Å². The lowest BCUT2D eigenvalue weighted by Gasteiger charge is -2.48. The van der Waals surface area contributed by atoms with Crippen molar-refractivity contribution >= 4 is 23.2 Å². The SMILES string of the molecule is C[C@@H](NCC1(N2CCOCC2)CCCCC1)C(=O)Nc1ccc(Cl)cc1F. The maximum atomic E-state index is 13.9. The second-order valence-corrected chi connectivity index (χ2v) is 8.04. The molecule has 0 radical (unpaired) electrons. The number of ether oxygens (including phenoxy) is 1. The molecule has 150 valence electrons. The van der Waals surface area contributed by atoms with E-state index in [1.165, 1.54) is 31.4 Å². The van der Waals surface area contributed by atoms with Gasteiger partial charge in [0, 0.05) is 30.2 Å². The van der Waals surface area contributed by atoms with E-state index in [4.69, 9.17) is 16.3 Å². The number of hydrogen-bond acceptors (Lipinski definition) is 4. The van der Waals surface area contributed by atoms with Crippen LogP contribution in [0.15, 0.2) is 18.2 Å². The fraction of sp³-hybridized carbons (Fsp3) is 0.650. The van der Waals surface area contributed by atoms with Gasteiger partial charge < -0.3 is 15.4 Å². The van der Waals surface area contributed by atoms with Crippen molar-refractivity contribution in [1.29, 1.82) is 0 Å². The Kier molecular flexibility index (Phi) is 7.09. The third kappa shape index (κ3) is 5.19. The molecule has 3 rings (SSSR count). The van der Waals surface area contributed by atoms with Crippen LogP contribution in [0.3, 0.4) is 0 Å². The van der Waals surface area contributed by atoms with Crippen molar-refractivity contribution in [3.05, 3.63) is 29.0 Å². The molecular formula is C20H29ClFN3O2. The molecule has 0 spiro atoms. The molecule has 7 heteroatoms. The van der Waals surface area contributed by atoms with Crippen LogP contribution in [0.4, 0.5) is 10.1 Å². The molecule has 1 aliphatic heterocycles. The molecule has 1 heterocycles. The summed E-state index contributed by atoms with van der Waals surface area (Å²) in [7, 11) is 0. The third-order valence-electron chi connectivity index (χ3n) is 5.79. The van der Waals surface area contributed by atoms with Crippen LogP contribution in [0.1, 0.15) is 39.0 Å². The summed E-state index contributed by atoms with van der Waals surface area (Å²) >= 11 is 5.76. The highest BCUT2D eigenvalue weighted by molar-refractivity contribution is 6.30. The zero-order valence-corrected chi connectivity index (χ0v) is 16.7. The summed E-state index contributed by atoms with van der Waals surface area (Å²) in [6.07, 6.45) is 5.99. The molecule has 0 unspecified atom stereocenters. The highest BCUT2D eigenvalue weighted by Crippen LogP contribution is 2.34. The van der Waals surface area contributed by atoms with Crippen LogP contribution in [-0.2, 0) is 9.53 Å². The van der Waals surface area contributed by atoms with Gasteiger partial charge in [-0.15, -0.1) is 0 Å². The van der Waals surface area contributed by atoms with Crippen molar-refractivity contribution in [1.82, 2.24) is 10.2 Å². The second-order valence-electron chi connectivity index (χ2n) is 7.60. The zero-order chi connectivity index (χ0) is 19.3. The van der Waals surface area contributed by atoms with Crippen molar-refractivity contribution in [3.63, 3.8) is 0 Å². The number of rotatable bonds is 6. The molecule has 1 aromatic carbocycles. The van der Waals surface area contributed by atoms with Crippen molar-refractivity contribution in [3.8, 4) is 0 Å². The Bertz CT molecular complexity index is 646. The Morgan fingerprint density at radius 3 is 2.67 bits per heavy atom. The van der Waals surface area contributed by atoms with E-state index in [0.29, 0.717) is 5.02 Å². The van der Waals surface area contributed by atoms with Gasteiger partial charge in [0.05, 0.1) is 24.9 Å². The van der Waals surface area contributed by atoms with E-state index in [9.17, 15) is 9.18 Å². The van der Waals surface area contributed by atoms with E-state index in [0.717, 1.165) is 45.7 Å². The minimum Gasteiger partial charge on any atom is -0.379 e. The van der Waals surface area contributed by atoms with Crippen molar-refractivity contribution in [2.24, 2.45) is 0 Å². The molecule has 2 N–H and O–H groups in total. The first-order chi connectivity index (χ1) is 13.0. The van der Waals surface area contributed by atoms with Gasteiger partial charge in [0.2, 0.25) is 5.91 Å². The summed E-state index contributed by atoms with van der Waals surface area (Å²) in [4.78, 5) is 15.0. The molecule has 1 atom stereocenters. The summed E-state index contributed by atoms with van der Waals surface area (Å²) in [5.74, 6) is -0.774. The normalized spacial score (nSPS) is 21.6. The average molecular weight is 398 g/mol. The predicted molar refractivity (Wildman–Crippen MR) is 106 cm³/mol. The van der Waals surface area contributed by atoms with E-state index in [2.05, 4.69) is 15.5 Å². The average Bonchev–Trinajstić information content (AvgIpc) is 2.69. The maximum Gasteiger partial charge on any atom is 0.241 e. The van der Waals surface area contributed by atoms with Gasteiger partial charge in [0.25, 0.3) is 0 Å². The van der Waals surface area contributed by atoms with Crippen molar-refractivity contribution in [2.45, 2.75) is 50.6 Å². The van der Waals surface area contributed by atoms with E-state index < -0.39 is 11.9 Å². The topological polar surface area (TPSA) is 53.6 Å². The summed E-state index contributed by atoms with van der Waals surface area (Å²) in [6, 6.07) is 3.83. The number of nitrogens with one attached hydrogen (secondary N) is 2. The number of anilines is 1. The van der Waals surface area contributed by atoms with Gasteiger partial charge in [0.1, 0.15) is 5.82 Å². The standard InChI is InChI=1S/C20H29ClFN3O2/c1-15(19(26)24-18-6-5-16(21)13-17(18)22)23-14-20(7-3-2-4-8-20)25-9-11-27-12-10-25/h5-6,13,15,23H,2-4,7-12,14H2,1H3,(H,24,26)/t15-/m1/s1. The first-order valence-electron chi connectivity index (χ1n) is 9.82. The molecule has 0 aromatic heterocycles. The summed E-state index contributed by atoms with van der Waals surface area (Å²) in [5.41, 5.74) is 0.237. The molecule has 5 nitrogen and oxygen atoms in total. The van der Waals surface area contributed by atoms with Gasteiger partial charge in [-0.3, -0.25) is 9.69 Å². The van der Waals surface area contributed by atoms with Crippen LogP contribution in [-0.4, -0.2) is 55.2 Å². The number of benzene rings is 1. The lowest BCUT2D eigenvalue weighted by molar-refractivity contribution is -0.118. The van der Waals surface area contributed by atoms with Crippen LogP contribution in [0.25, 0.3) is 0 Å². The van der Waals surface area contributed by atoms with Gasteiger partial charge >= 0.3 is 0 Å². The number of hydrogen-bond donors (Lipinski definition) is 2. The smallest absolute Gasteiger partial charge is 0.241 e. The number of carbonyl (C=O) groups is 1. The van der Waals surface area contributed by atoms with Gasteiger partial charge in [-0.05, 0) is 38.0 Å². The first-order valence-corrected chi connectivity index (χ1v) is 10.2. The Hall–Kier alpha value is -1.21. The van der Waals surface area contributed by atoms with Gasteiger partial charge in [-0.2, -0.15) is 0 Å². The lowest BCUT2D eigenvalue weighted by atomic mass is 9.79. The van der Waals surface area contributed by atoms with Gasteiger partial charge in [-0.1, -0.05) is 30.9 Å². The Morgan fingerprint density at radius 1 is 1.30 bits per heavy atom. The first kappa shape index (κ1) is 20.5. The van der Waals surface area contributed by atoms with E-state index >= 15 is 0 Å². The number of morpholine rings is 1. The largest absolute Gasteiger partial charge is 0.379 e. The van der Waals surface area contributed by atoms with Gasteiger partial charge in [-0.25, -0.2) is 4.39 Å². The fourth-order valence-corrected chi connectivity index (χ4v) is 4.28. The number of halogens is 2. The number of nitrogens with zero attached hydrogens (tertiary/aromatic N) is 1. The fourth-order valence-electron chi connectivity index (χ4n) is 4.12. The molecular weight excluding hydrogens is 369 g/mol. The molecule has 1 saturated heterocycles. The second kappa shape index (κ2) is 9.32. The van der Waals surface area contributed by atoms with Crippen LogP contribution in [0, 0.1) is 5.82 Å². The third-order valence-corrected chi connectivity index (χ3v) is 6.02. The monoisotopic (exact) mass is 397 g/mol. The summed E-state index contributed by atoms with van der Waals surface area (Å²) < 4.78 is 19.4. The maximum absolute atomic E-state index is 13.9. The molecule has 2 aliphatic rings. The minimum atomic E-state index is -0.528. The lowest BCUT2D eigenvalue weighted by Crippen LogP contribution is -2.60. The number of amides is 1. The molecule has 1 amide bonds. The highest BCUT2D eigenvalue weighted by Gasteiger charge is 2.38. The van der Waals surface area contributed by atoms with E-state index in [1.807, 2.05) is 6.92 Å². The van der Waals surface area contributed by atoms with E-state index in [-0.39, 0.29) is 17.1 Å². The summed E-state index contributed by atoms with van der Waals surface area (Å²) in [6.45, 7) is 6.00.